The van der Waals surface area contributed by atoms with Crippen LogP contribution in [0.2, 0.25) is 0 Å². The van der Waals surface area contributed by atoms with Crippen LogP contribution in [0, 0.1) is 17.0 Å². The lowest BCUT2D eigenvalue weighted by Crippen LogP contribution is -2.13. The molecule has 0 heterocycles. The molecule has 2 aromatic carbocycles. The van der Waals surface area contributed by atoms with Crippen molar-refractivity contribution >= 4 is 23.3 Å². The highest BCUT2D eigenvalue weighted by atomic mass is 16.6. The van der Waals surface area contributed by atoms with E-state index in [2.05, 4.69) is 5.32 Å². The van der Waals surface area contributed by atoms with Gasteiger partial charge in [-0.25, -0.2) is 0 Å². The Balaban J connectivity index is 1.62. The molecule has 0 spiro atoms. The van der Waals surface area contributed by atoms with Crippen molar-refractivity contribution in [1.82, 2.24) is 0 Å². The average Bonchev–Trinajstić information content (AvgIpc) is 2.67. The van der Waals surface area contributed by atoms with E-state index in [1.165, 1.54) is 23.8 Å². The van der Waals surface area contributed by atoms with E-state index in [4.69, 9.17) is 4.74 Å². The molecule has 0 saturated heterocycles. The molecule has 0 unspecified atom stereocenters. The van der Waals surface area contributed by atoms with E-state index in [1.54, 1.807) is 6.92 Å². The summed E-state index contributed by atoms with van der Waals surface area (Å²) in [4.78, 5) is 34.0. The third-order valence-corrected chi connectivity index (χ3v) is 4.20. The SMILES string of the molecule is Cc1cc([N+](=O)[O-])ccc1NC(=O)CCCC(=O)OCCCc1ccccc1. The largest absolute Gasteiger partial charge is 0.466 e. The van der Waals surface area contributed by atoms with Crippen molar-refractivity contribution < 1.29 is 19.2 Å². The average molecular weight is 384 g/mol. The van der Waals surface area contributed by atoms with Gasteiger partial charge in [0.05, 0.1) is 11.5 Å². The molecule has 0 aliphatic rings. The number of ether oxygens (including phenoxy) is 1. The van der Waals surface area contributed by atoms with E-state index in [0.717, 1.165) is 12.8 Å². The van der Waals surface area contributed by atoms with Crippen molar-refractivity contribution in [2.75, 3.05) is 11.9 Å². The Hall–Kier alpha value is -3.22. The van der Waals surface area contributed by atoms with Crippen molar-refractivity contribution in [2.24, 2.45) is 0 Å². The molecule has 0 bridgehead atoms. The lowest BCUT2D eigenvalue weighted by molar-refractivity contribution is -0.384. The second-order valence-corrected chi connectivity index (χ2v) is 6.47. The Bertz CT molecular complexity index is 821. The maximum Gasteiger partial charge on any atom is 0.305 e. The number of benzene rings is 2. The van der Waals surface area contributed by atoms with E-state index in [1.807, 2.05) is 30.3 Å². The summed E-state index contributed by atoms with van der Waals surface area (Å²) in [7, 11) is 0. The van der Waals surface area contributed by atoms with E-state index in [0.29, 0.717) is 24.3 Å². The number of amides is 1. The number of nitrogens with zero attached hydrogens (tertiary/aromatic N) is 1. The van der Waals surface area contributed by atoms with Gasteiger partial charge in [-0.1, -0.05) is 30.3 Å². The van der Waals surface area contributed by atoms with Gasteiger partial charge in [0.1, 0.15) is 0 Å². The fourth-order valence-corrected chi connectivity index (χ4v) is 2.69. The van der Waals surface area contributed by atoms with Crippen LogP contribution in [-0.2, 0) is 20.7 Å². The Labute approximate surface area is 163 Å². The third-order valence-electron chi connectivity index (χ3n) is 4.20. The van der Waals surface area contributed by atoms with Crippen molar-refractivity contribution in [1.29, 1.82) is 0 Å². The number of esters is 1. The molecule has 0 saturated carbocycles. The first-order valence-electron chi connectivity index (χ1n) is 9.20. The molecule has 7 nitrogen and oxygen atoms in total. The van der Waals surface area contributed by atoms with Gasteiger partial charge in [0.15, 0.2) is 0 Å². The van der Waals surface area contributed by atoms with Crippen LogP contribution < -0.4 is 5.32 Å². The Morgan fingerprint density at radius 3 is 2.50 bits per heavy atom. The highest BCUT2D eigenvalue weighted by Crippen LogP contribution is 2.21. The van der Waals surface area contributed by atoms with Crippen LogP contribution in [0.15, 0.2) is 48.5 Å². The maximum atomic E-state index is 12.0. The standard InChI is InChI=1S/C21H24N2O5/c1-16-15-18(23(26)27)12-13-19(16)22-20(24)10-5-11-21(25)28-14-6-9-17-7-3-2-4-8-17/h2-4,7-8,12-13,15H,5-6,9-11,14H2,1H3,(H,22,24). The Morgan fingerprint density at radius 1 is 1.07 bits per heavy atom. The lowest BCUT2D eigenvalue weighted by atomic mass is 10.1. The molecular formula is C21H24N2O5. The molecule has 0 fully saturated rings. The normalized spacial score (nSPS) is 10.3. The van der Waals surface area contributed by atoms with Crippen molar-refractivity contribution in [2.45, 2.75) is 39.0 Å². The first-order chi connectivity index (χ1) is 13.5. The van der Waals surface area contributed by atoms with Gasteiger partial charge in [0.25, 0.3) is 5.69 Å². The summed E-state index contributed by atoms with van der Waals surface area (Å²) in [5, 5.41) is 13.4. The zero-order valence-corrected chi connectivity index (χ0v) is 15.8. The van der Waals surface area contributed by atoms with Gasteiger partial charge in [-0.2, -0.15) is 0 Å². The lowest BCUT2D eigenvalue weighted by Gasteiger charge is -2.08. The first-order valence-corrected chi connectivity index (χ1v) is 9.20. The van der Waals surface area contributed by atoms with Crippen molar-refractivity contribution in [3.05, 3.63) is 69.8 Å². The monoisotopic (exact) mass is 384 g/mol. The highest BCUT2D eigenvalue weighted by Gasteiger charge is 2.11. The summed E-state index contributed by atoms with van der Waals surface area (Å²) in [5.41, 5.74) is 2.32. The number of carbonyl (C=O) groups is 2. The van der Waals surface area contributed by atoms with Gasteiger partial charge in [0, 0.05) is 30.7 Å². The second-order valence-electron chi connectivity index (χ2n) is 6.47. The Morgan fingerprint density at radius 2 is 1.82 bits per heavy atom. The molecule has 0 aliphatic heterocycles. The number of anilines is 1. The van der Waals surface area contributed by atoms with Crippen LogP contribution in [0.1, 0.15) is 36.8 Å². The number of aryl methyl sites for hydroxylation is 2. The molecule has 0 radical (unpaired) electrons. The molecule has 148 valence electrons. The fraction of sp³-hybridized carbons (Fsp3) is 0.333. The van der Waals surface area contributed by atoms with Crippen LogP contribution in [0.3, 0.4) is 0 Å². The molecule has 2 aromatic rings. The minimum Gasteiger partial charge on any atom is -0.466 e. The summed E-state index contributed by atoms with van der Waals surface area (Å²) >= 11 is 0. The number of rotatable bonds is 10. The minimum absolute atomic E-state index is 0.0227. The van der Waals surface area contributed by atoms with E-state index < -0.39 is 4.92 Å². The van der Waals surface area contributed by atoms with Gasteiger partial charge < -0.3 is 10.1 Å². The number of nitro groups is 1. The number of non-ortho nitro benzene ring substituents is 1. The smallest absolute Gasteiger partial charge is 0.305 e. The van der Waals surface area contributed by atoms with Crippen LogP contribution >= 0.6 is 0 Å². The number of nitrogens with one attached hydrogen (secondary N) is 1. The van der Waals surface area contributed by atoms with Crippen LogP contribution in [0.25, 0.3) is 0 Å². The first kappa shape index (κ1) is 21.1. The molecule has 0 atom stereocenters. The number of carbonyl (C=O) groups excluding carboxylic acids is 2. The highest BCUT2D eigenvalue weighted by molar-refractivity contribution is 5.91. The van der Waals surface area contributed by atoms with E-state index >= 15 is 0 Å². The van der Waals surface area contributed by atoms with Gasteiger partial charge >= 0.3 is 5.97 Å². The number of hydrogen-bond donors (Lipinski definition) is 1. The molecule has 7 heteroatoms. The predicted molar refractivity (Wildman–Crippen MR) is 106 cm³/mol. The van der Waals surface area contributed by atoms with Gasteiger partial charge in [-0.3, -0.25) is 19.7 Å². The zero-order chi connectivity index (χ0) is 20.4. The molecule has 0 aromatic heterocycles. The van der Waals surface area contributed by atoms with E-state index in [-0.39, 0.29) is 30.4 Å². The van der Waals surface area contributed by atoms with Crippen molar-refractivity contribution in [3.8, 4) is 0 Å². The quantitative estimate of drug-likeness (QED) is 0.287. The van der Waals surface area contributed by atoms with Gasteiger partial charge in [0.2, 0.25) is 5.91 Å². The van der Waals surface area contributed by atoms with Crippen LogP contribution in [0.4, 0.5) is 11.4 Å². The summed E-state index contributed by atoms with van der Waals surface area (Å²) in [5.74, 6) is -0.554. The number of hydrogen-bond acceptors (Lipinski definition) is 5. The second kappa shape index (κ2) is 10.8. The summed E-state index contributed by atoms with van der Waals surface area (Å²) in [6.07, 6.45) is 2.35. The summed E-state index contributed by atoms with van der Waals surface area (Å²) in [6, 6.07) is 14.2. The fourth-order valence-electron chi connectivity index (χ4n) is 2.69. The number of nitro benzene ring substituents is 1. The minimum atomic E-state index is -0.482. The van der Waals surface area contributed by atoms with Crippen LogP contribution in [-0.4, -0.2) is 23.4 Å². The zero-order valence-electron chi connectivity index (χ0n) is 15.8. The maximum absolute atomic E-state index is 12.0. The molecule has 2 rings (SSSR count). The van der Waals surface area contributed by atoms with Crippen LogP contribution in [0.5, 0.6) is 0 Å². The van der Waals surface area contributed by atoms with Gasteiger partial charge in [-0.05, 0) is 43.4 Å². The Kier molecular flexibility index (Phi) is 8.14. The summed E-state index contributed by atoms with van der Waals surface area (Å²) in [6.45, 7) is 2.05. The third kappa shape index (κ3) is 7.19. The molecule has 0 aliphatic carbocycles. The summed E-state index contributed by atoms with van der Waals surface area (Å²) < 4.78 is 5.18. The van der Waals surface area contributed by atoms with E-state index in [9.17, 15) is 19.7 Å². The predicted octanol–water partition coefficient (Wildman–Crippen LogP) is 4.19. The molecule has 1 N–H and O–H groups in total. The topological polar surface area (TPSA) is 98.5 Å². The van der Waals surface area contributed by atoms with Gasteiger partial charge in [-0.15, -0.1) is 0 Å². The molecule has 28 heavy (non-hydrogen) atoms. The molecular weight excluding hydrogens is 360 g/mol. The molecule has 1 amide bonds. The van der Waals surface area contributed by atoms with Crippen molar-refractivity contribution in [3.63, 3.8) is 0 Å².